The van der Waals surface area contributed by atoms with Crippen molar-refractivity contribution < 1.29 is 17.9 Å². The van der Waals surface area contributed by atoms with E-state index in [1.807, 2.05) is 24.3 Å². The van der Waals surface area contributed by atoms with Crippen molar-refractivity contribution in [3.63, 3.8) is 0 Å². The lowest BCUT2D eigenvalue weighted by Crippen LogP contribution is -2.28. The van der Waals surface area contributed by atoms with Gasteiger partial charge in [0.2, 0.25) is 0 Å². The van der Waals surface area contributed by atoms with Crippen LogP contribution >= 0.6 is 12.4 Å². The molecule has 0 amide bonds. The Kier molecular flexibility index (Phi) is 6.92. The second kappa shape index (κ2) is 8.75. The first-order chi connectivity index (χ1) is 11.9. The van der Waals surface area contributed by atoms with Gasteiger partial charge in [-0.15, -0.1) is 12.4 Å². The molecule has 1 aliphatic rings. The van der Waals surface area contributed by atoms with Gasteiger partial charge in [0.25, 0.3) is 0 Å². The minimum Gasteiger partial charge on any atom is -0.484 e. The van der Waals surface area contributed by atoms with E-state index in [4.69, 9.17) is 10.5 Å². The minimum absolute atomic E-state index is 0. The van der Waals surface area contributed by atoms with Crippen LogP contribution in [-0.4, -0.2) is 36.8 Å². The average molecular weight is 387 g/mol. The van der Waals surface area contributed by atoms with Crippen molar-refractivity contribution in [1.82, 2.24) is 4.90 Å². The number of hydrogen-bond donors (Lipinski definition) is 1. The smallest absolute Gasteiger partial charge is 0.422 e. The summed E-state index contributed by atoms with van der Waals surface area (Å²) in [6.45, 7) is 0.952. The average Bonchev–Trinajstić information content (AvgIpc) is 2.94. The lowest BCUT2D eigenvalue weighted by molar-refractivity contribution is -0.153. The maximum atomic E-state index is 12.3. The van der Waals surface area contributed by atoms with Crippen molar-refractivity contribution in [3.8, 4) is 5.75 Å². The van der Waals surface area contributed by atoms with E-state index in [9.17, 15) is 13.2 Å². The van der Waals surface area contributed by atoms with Crippen LogP contribution in [0.3, 0.4) is 0 Å². The van der Waals surface area contributed by atoms with Gasteiger partial charge in [0.15, 0.2) is 6.61 Å². The fourth-order valence-corrected chi connectivity index (χ4v) is 3.25. The van der Waals surface area contributed by atoms with E-state index < -0.39 is 12.8 Å². The van der Waals surface area contributed by atoms with Crippen LogP contribution in [0, 0.1) is 0 Å². The van der Waals surface area contributed by atoms with E-state index in [1.54, 1.807) is 12.1 Å². The quantitative estimate of drug-likeness (QED) is 0.844. The Bertz CT molecular complexity index is 697. The molecule has 1 aliphatic heterocycles. The number of rotatable bonds is 5. The van der Waals surface area contributed by atoms with Gasteiger partial charge in [0.05, 0.1) is 0 Å². The number of hydrogen-bond acceptors (Lipinski definition) is 3. The van der Waals surface area contributed by atoms with Gasteiger partial charge in [-0.2, -0.15) is 13.2 Å². The molecule has 0 spiro atoms. The van der Waals surface area contributed by atoms with E-state index in [0.717, 1.165) is 18.7 Å². The number of likely N-dealkylation sites (tertiary alicyclic amines) is 1. The summed E-state index contributed by atoms with van der Waals surface area (Å²) in [5, 5.41) is 0. The van der Waals surface area contributed by atoms with Crippen molar-refractivity contribution in [2.45, 2.75) is 24.7 Å². The highest BCUT2D eigenvalue weighted by molar-refractivity contribution is 5.85. The molecule has 0 saturated carbocycles. The number of nitrogens with two attached hydrogens (primary N) is 1. The molecule has 3 nitrogen and oxygen atoms in total. The maximum absolute atomic E-state index is 12.3. The Morgan fingerprint density at radius 3 is 2.46 bits per heavy atom. The molecular formula is C19H22ClF3N2O. The molecule has 0 radical (unpaired) electrons. The fraction of sp³-hybridized carbons (Fsp3) is 0.368. The number of halogens is 4. The topological polar surface area (TPSA) is 38.5 Å². The Hall–Kier alpha value is -1.76. The SMILES string of the molecule is Cl.N[C@@H]1CN(Cc2cccc(OCC(F)(F)F)c2)C[C@H]1c1ccccc1. The summed E-state index contributed by atoms with van der Waals surface area (Å²) < 4.78 is 41.6. The number of ether oxygens (including phenoxy) is 1. The lowest BCUT2D eigenvalue weighted by atomic mass is 9.95. The largest absolute Gasteiger partial charge is 0.484 e. The highest BCUT2D eigenvalue weighted by Crippen LogP contribution is 2.28. The number of nitrogens with zero attached hydrogens (tertiary/aromatic N) is 1. The van der Waals surface area contributed by atoms with Crippen molar-refractivity contribution in [2.24, 2.45) is 5.73 Å². The highest BCUT2D eigenvalue weighted by atomic mass is 35.5. The third-order valence-electron chi connectivity index (χ3n) is 4.38. The molecule has 0 bridgehead atoms. The van der Waals surface area contributed by atoms with Crippen LogP contribution in [0.15, 0.2) is 54.6 Å². The summed E-state index contributed by atoms with van der Waals surface area (Å²) >= 11 is 0. The fourth-order valence-electron chi connectivity index (χ4n) is 3.25. The molecule has 2 N–H and O–H groups in total. The summed E-state index contributed by atoms with van der Waals surface area (Å²) in [5.41, 5.74) is 8.43. The molecule has 2 aromatic carbocycles. The van der Waals surface area contributed by atoms with Crippen LogP contribution in [0.2, 0.25) is 0 Å². The molecule has 142 valence electrons. The number of benzene rings is 2. The molecule has 3 rings (SSSR count). The van der Waals surface area contributed by atoms with Crippen LogP contribution in [0.25, 0.3) is 0 Å². The molecule has 1 heterocycles. The van der Waals surface area contributed by atoms with Crippen molar-refractivity contribution in [3.05, 3.63) is 65.7 Å². The van der Waals surface area contributed by atoms with Crippen molar-refractivity contribution in [1.29, 1.82) is 0 Å². The zero-order valence-electron chi connectivity index (χ0n) is 14.2. The first-order valence-corrected chi connectivity index (χ1v) is 8.22. The van der Waals surface area contributed by atoms with E-state index in [2.05, 4.69) is 17.0 Å². The van der Waals surface area contributed by atoms with Gasteiger partial charge in [-0.1, -0.05) is 42.5 Å². The van der Waals surface area contributed by atoms with Crippen LogP contribution in [0.4, 0.5) is 13.2 Å². The molecule has 2 aromatic rings. The third kappa shape index (κ3) is 5.62. The summed E-state index contributed by atoms with van der Waals surface area (Å²) in [7, 11) is 0. The third-order valence-corrected chi connectivity index (χ3v) is 4.38. The molecule has 7 heteroatoms. The van der Waals surface area contributed by atoms with Crippen LogP contribution in [0.5, 0.6) is 5.75 Å². The highest BCUT2D eigenvalue weighted by Gasteiger charge is 2.31. The molecule has 0 aromatic heterocycles. The zero-order chi connectivity index (χ0) is 17.9. The summed E-state index contributed by atoms with van der Waals surface area (Å²) in [6.07, 6.45) is -4.33. The van der Waals surface area contributed by atoms with Gasteiger partial charge in [-0.3, -0.25) is 4.90 Å². The van der Waals surface area contributed by atoms with E-state index >= 15 is 0 Å². The molecule has 26 heavy (non-hydrogen) atoms. The van der Waals surface area contributed by atoms with E-state index in [0.29, 0.717) is 6.54 Å². The van der Waals surface area contributed by atoms with Gasteiger partial charge in [-0.05, 0) is 23.3 Å². The first-order valence-electron chi connectivity index (χ1n) is 8.22. The number of alkyl halides is 3. The molecule has 0 aliphatic carbocycles. The Morgan fingerprint density at radius 1 is 1.04 bits per heavy atom. The van der Waals surface area contributed by atoms with Gasteiger partial charge in [0.1, 0.15) is 5.75 Å². The predicted molar refractivity (Wildman–Crippen MR) is 97.7 cm³/mol. The van der Waals surface area contributed by atoms with Crippen LogP contribution in [-0.2, 0) is 6.54 Å². The van der Waals surface area contributed by atoms with Crippen LogP contribution < -0.4 is 10.5 Å². The second-order valence-electron chi connectivity index (χ2n) is 6.43. The monoisotopic (exact) mass is 386 g/mol. The summed E-state index contributed by atoms with van der Waals surface area (Å²) in [6, 6.07) is 17.0. The summed E-state index contributed by atoms with van der Waals surface area (Å²) in [4.78, 5) is 2.23. The predicted octanol–water partition coefficient (Wildman–Crippen LogP) is 3.98. The van der Waals surface area contributed by atoms with Gasteiger partial charge < -0.3 is 10.5 Å². The summed E-state index contributed by atoms with van der Waals surface area (Å²) in [5.74, 6) is 0.504. The van der Waals surface area contributed by atoms with Crippen molar-refractivity contribution in [2.75, 3.05) is 19.7 Å². The van der Waals surface area contributed by atoms with Crippen molar-refractivity contribution >= 4 is 12.4 Å². The Morgan fingerprint density at radius 2 is 1.77 bits per heavy atom. The van der Waals surface area contributed by atoms with Gasteiger partial charge in [0, 0.05) is 31.6 Å². The van der Waals surface area contributed by atoms with E-state index in [-0.39, 0.29) is 30.1 Å². The molecule has 2 atom stereocenters. The second-order valence-corrected chi connectivity index (χ2v) is 6.43. The first kappa shape index (κ1) is 20.6. The normalized spacial score (nSPS) is 20.6. The molecule has 0 unspecified atom stereocenters. The standard InChI is InChI=1S/C19H21F3N2O.ClH/c20-19(21,22)13-25-16-8-4-5-14(9-16)10-24-11-17(18(23)12-24)15-6-2-1-3-7-15;/h1-9,17-18H,10-13,23H2;1H/t17-,18+;/m0./s1. The maximum Gasteiger partial charge on any atom is 0.422 e. The van der Waals surface area contributed by atoms with Gasteiger partial charge >= 0.3 is 6.18 Å². The van der Waals surface area contributed by atoms with E-state index in [1.165, 1.54) is 11.6 Å². The van der Waals surface area contributed by atoms with Gasteiger partial charge in [-0.25, -0.2) is 0 Å². The lowest BCUT2D eigenvalue weighted by Gasteiger charge is -2.17. The molecule has 1 fully saturated rings. The molecular weight excluding hydrogens is 365 g/mol. The Labute approximate surface area is 157 Å². The molecule has 1 saturated heterocycles. The van der Waals surface area contributed by atoms with Crippen LogP contribution in [0.1, 0.15) is 17.0 Å². The zero-order valence-corrected chi connectivity index (χ0v) is 15.0. The Balaban J connectivity index is 0.00000243. The minimum atomic E-state index is -4.33.